The molecule has 0 aromatic carbocycles. The fourth-order valence-corrected chi connectivity index (χ4v) is 1.83. The first-order chi connectivity index (χ1) is 8.38. The predicted molar refractivity (Wildman–Crippen MR) is 76.8 cm³/mol. The molecular formula is C17H22. The monoisotopic (exact) mass is 226 g/mol. The van der Waals surface area contributed by atoms with Crippen LogP contribution in [0.4, 0.5) is 0 Å². The van der Waals surface area contributed by atoms with E-state index in [-0.39, 0.29) is 0 Å². The van der Waals surface area contributed by atoms with Gasteiger partial charge in [0, 0.05) is 0 Å². The standard InChI is InChI=1S/C17H22/c1-3-5-6-7-10-13-16(4-2)17-14-11-8-9-12-15-17/h3,5,7-11,14-16H,4,6,13H2,1-2H3/b5-3-,10-7-. The van der Waals surface area contributed by atoms with Crippen molar-refractivity contribution in [2.45, 2.75) is 33.1 Å². The Labute approximate surface area is 105 Å². The van der Waals surface area contributed by atoms with Crippen LogP contribution >= 0.6 is 0 Å². The lowest BCUT2D eigenvalue weighted by Crippen LogP contribution is -1.99. The zero-order valence-corrected chi connectivity index (χ0v) is 10.9. The summed E-state index contributed by atoms with van der Waals surface area (Å²) >= 11 is 0. The summed E-state index contributed by atoms with van der Waals surface area (Å²) < 4.78 is 0. The third-order valence-corrected chi connectivity index (χ3v) is 2.90. The van der Waals surface area contributed by atoms with Crippen molar-refractivity contribution in [1.82, 2.24) is 0 Å². The molecule has 0 saturated heterocycles. The molecule has 1 aliphatic rings. The minimum Gasteiger partial charge on any atom is -0.121 e. The second-order valence-corrected chi connectivity index (χ2v) is 4.15. The van der Waals surface area contributed by atoms with Crippen molar-refractivity contribution < 1.29 is 0 Å². The van der Waals surface area contributed by atoms with Gasteiger partial charge in [0.25, 0.3) is 0 Å². The van der Waals surface area contributed by atoms with Gasteiger partial charge in [-0.3, -0.25) is 0 Å². The van der Waals surface area contributed by atoms with Crippen molar-refractivity contribution >= 4 is 0 Å². The highest BCUT2D eigenvalue weighted by molar-refractivity contribution is 5.31. The van der Waals surface area contributed by atoms with Gasteiger partial charge in [-0.25, -0.2) is 0 Å². The maximum Gasteiger partial charge on any atom is -0.0124 e. The van der Waals surface area contributed by atoms with Crippen LogP contribution < -0.4 is 0 Å². The van der Waals surface area contributed by atoms with E-state index in [0.717, 1.165) is 12.8 Å². The average Bonchev–Trinajstić information content (AvgIpc) is 2.63. The van der Waals surface area contributed by atoms with Crippen molar-refractivity contribution in [3.05, 3.63) is 66.0 Å². The second kappa shape index (κ2) is 8.61. The molecule has 0 N–H and O–H groups in total. The Bertz CT molecular complexity index is 382. The van der Waals surface area contributed by atoms with Crippen LogP contribution in [0.15, 0.2) is 66.0 Å². The molecule has 0 bridgehead atoms. The molecule has 0 radical (unpaired) electrons. The lowest BCUT2D eigenvalue weighted by atomic mass is 9.92. The highest BCUT2D eigenvalue weighted by atomic mass is 14.1. The molecule has 0 heterocycles. The van der Waals surface area contributed by atoms with Crippen LogP contribution in [0.3, 0.4) is 0 Å². The van der Waals surface area contributed by atoms with Crippen LogP contribution in [0.2, 0.25) is 0 Å². The number of hydrogen-bond donors (Lipinski definition) is 0. The van der Waals surface area contributed by atoms with Gasteiger partial charge in [0.1, 0.15) is 0 Å². The molecule has 0 amide bonds. The summed E-state index contributed by atoms with van der Waals surface area (Å²) in [6.07, 6.45) is 22.5. The van der Waals surface area contributed by atoms with Crippen molar-refractivity contribution in [2.75, 3.05) is 0 Å². The Morgan fingerprint density at radius 1 is 1.24 bits per heavy atom. The number of allylic oxidation sites excluding steroid dienone is 9. The topological polar surface area (TPSA) is 0 Å². The Hall–Kier alpha value is -1.52. The number of rotatable bonds is 6. The van der Waals surface area contributed by atoms with E-state index in [2.05, 4.69) is 62.1 Å². The first kappa shape index (κ1) is 13.5. The van der Waals surface area contributed by atoms with Gasteiger partial charge in [0.2, 0.25) is 0 Å². The molecule has 0 spiro atoms. The van der Waals surface area contributed by atoms with Gasteiger partial charge >= 0.3 is 0 Å². The van der Waals surface area contributed by atoms with Crippen molar-refractivity contribution in [3.63, 3.8) is 0 Å². The molecule has 1 atom stereocenters. The van der Waals surface area contributed by atoms with Crippen LogP contribution in [0, 0.1) is 5.92 Å². The predicted octanol–water partition coefficient (Wildman–Crippen LogP) is 5.13. The van der Waals surface area contributed by atoms with Gasteiger partial charge in [-0.15, -0.1) is 5.73 Å². The maximum absolute atomic E-state index is 3.18. The van der Waals surface area contributed by atoms with Crippen LogP contribution in [0.25, 0.3) is 0 Å². The van der Waals surface area contributed by atoms with Gasteiger partial charge < -0.3 is 0 Å². The van der Waals surface area contributed by atoms with Crippen LogP contribution in [-0.4, -0.2) is 0 Å². The minimum atomic E-state index is 0.612. The second-order valence-electron chi connectivity index (χ2n) is 4.15. The van der Waals surface area contributed by atoms with E-state index in [4.69, 9.17) is 0 Å². The Morgan fingerprint density at radius 3 is 2.88 bits per heavy atom. The normalized spacial score (nSPS) is 16.7. The van der Waals surface area contributed by atoms with Crippen molar-refractivity contribution in [2.24, 2.45) is 5.92 Å². The molecule has 0 heteroatoms. The molecule has 0 aromatic rings. The van der Waals surface area contributed by atoms with E-state index >= 15 is 0 Å². The van der Waals surface area contributed by atoms with Crippen molar-refractivity contribution in [3.8, 4) is 0 Å². The van der Waals surface area contributed by atoms with Gasteiger partial charge in [-0.2, -0.15) is 0 Å². The summed E-state index contributed by atoms with van der Waals surface area (Å²) in [6.45, 7) is 4.31. The van der Waals surface area contributed by atoms with Crippen LogP contribution in [0.5, 0.6) is 0 Å². The van der Waals surface area contributed by atoms with E-state index in [1.807, 2.05) is 12.2 Å². The van der Waals surface area contributed by atoms with Gasteiger partial charge in [-0.1, -0.05) is 49.5 Å². The largest absolute Gasteiger partial charge is 0.121 e. The molecule has 1 unspecified atom stereocenters. The van der Waals surface area contributed by atoms with E-state index in [1.54, 1.807) is 0 Å². The molecule has 0 nitrogen and oxygen atoms in total. The van der Waals surface area contributed by atoms with E-state index < -0.39 is 0 Å². The summed E-state index contributed by atoms with van der Waals surface area (Å²) in [6, 6.07) is 0. The minimum absolute atomic E-state index is 0.612. The lowest BCUT2D eigenvalue weighted by Gasteiger charge is -2.12. The van der Waals surface area contributed by atoms with E-state index in [0.29, 0.717) is 5.92 Å². The quantitative estimate of drug-likeness (QED) is 0.435. The van der Waals surface area contributed by atoms with E-state index in [9.17, 15) is 0 Å². The third-order valence-electron chi connectivity index (χ3n) is 2.90. The van der Waals surface area contributed by atoms with Gasteiger partial charge in [0.05, 0.1) is 0 Å². The summed E-state index contributed by atoms with van der Waals surface area (Å²) in [5, 5.41) is 0. The first-order valence-corrected chi connectivity index (χ1v) is 6.44. The molecule has 90 valence electrons. The number of hydrogen-bond acceptors (Lipinski definition) is 0. The fraction of sp³-hybridized carbons (Fsp3) is 0.353. The maximum atomic E-state index is 3.18. The van der Waals surface area contributed by atoms with Crippen molar-refractivity contribution in [1.29, 1.82) is 0 Å². The Kier molecular flexibility index (Phi) is 6.86. The van der Waals surface area contributed by atoms with E-state index in [1.165, 1.54) is 12.0 Å². The SMILES string of the molecule is C/C=C\C/C=C\CC(CC)C1=CC=CC=C=C1. The molecule has 0 fully saturated rings. The average molecular weight is 226 g/mol. The molecule has 1 aliphatic carbocycles. The molecule has 0 aliphatic heterocycles. The van der Waals surface area contributed by atoms with Gasteiger partial charge in [-0.05, 0) is 49.8 Å². The Morgan fingerprint density at radius 2 is 2.12 bits per heavy atom. The fourth-order valence-electron chi connectivity index (χ4n) is 1.83. The molecule has 0 saturated carbocycles. The van der Waals surface area contributed by atoms with Gasteiger partial charge in [0.15, 0.2) is 0 Å². The summed E-state index contributed by atoms with van der Waals surface area (Å²) in [5.41, 5.74) is 4.57. The highest BCUT2D eigenvalue weighted by Crippen LogP contribution is 2.21. The third kappa shape index (κ3) is 5.38. The lowest BCUT2D eigenvalue weighted by molar-refractivity contribution is 0.613. The van der Waals surface area contributed by atoms with Crippen LogP contribution in [0.1, 0.15) is 33.1 Å². The van der Waals surface area contributed by atoms with Crippen LogP contribution in [-0.2, 0) is 0 Å². The zero-order chi connectivity index (χ0) is 12.3. The molecular weight excluding hydrogens is 204 g/mol. The smallest absolute Gasteiger partial charge is 0.0124 e. The zero-order valence-electron chi connectivity index (χ0n) is 10.9. The molecule has 17 heavy (non-hydrogen) atoms. The Balaban J connectivity index is 2.54. The highest BCUT2D eigenvalue weighted by Gasteiger charge is 2.07. The summed E-state index contributed by atoms with van der Waals surface area (Å²) in [5.74, 6) is 0.612. The summed E-state index contributed by atoms with van der Waals surface area (Å²) in [7, 11) is 0. The first-order valence-electron chi connectivity index (χ1n) is 6.44. The summed E-state index contributed by atoms with van der Waals surface area (Å²) in [4.78, 5) is 0. The molecule has 0 aromatic heterocycles. The molecule has 1 rings (SSSR count).